The second-order valence-corrected chi connectivity index (χ2v) is 6.12. The largest absolute Gasteiger partial charge is 0.311 e. The highest BCUT2D eigenvalue weighted by atomic mass is 19.1. The monoisotopic (exact) mass is 264 g/mol. The molecule has 1 aliphatic rings. The number of nitrogens with zero attached hydrogens (tertiary/aromatic N) is 1. The third-order valence-electron chi connectivity index (χ3n) is 4.11. The number of nitrogens with one attached hydrogen (secondary N) is 1. The minimum atomic E-state index is -0.134. The van der Waals surface area contributed by atoms with Crippen molar-refractivity contribution in [2.75, 3.05) is 13.1 Å². The molecular weight excluding hydrogens is 239 g/mol. The van der Waals surface area contributed by atoms with Crippen molar-refractivity contribution in [3.8, 4) is 0 Å². The highest BCUT2D eigenvalue weighted by Gasteiger charge is 2.28. The van der Waals surface area contributed by atoms with Crippen LogP contribution in [0.5, 0.6) is 0 Å². The zero-order valence-corrected chi connectivity index (χ0v) is 12.4. The van der Waals surface area contributed by atoms with E-state index in [9.17, 15) is 4.39 Å². The first-order chi connectivity index (χ1) is 8.97. The molecule has 0 bridgehead atoms. The van der Waals surface area contributed by atoms with Crippen LogP contribution in [0, 0.1) is 18.7 Å². The van der Waals surface area contributed by atoms with E-state index >= 15 is 0 Å². The first kappa shape index (κ1) is 14.5. The van der Waals surface area contributed by atoms with E-state index in [-0.39, 0.29) is 5.82 Å². The summed E-state index contributed by atoms with van der Waals surface area (Å²) < 4.78 is 13.4. The van der Waals surface area contributed by atoms with E-state index in [1.807, 2.05) is 6.07 Å². The lowest BCUT2D eigenvalue weighted by molar-refractivity contribution is 0.0953. The smallest absolute Gasteiger partial charge is 0.123 e. The fourth-order valence-electron chi connectivity index (χ4n) is 2.87. The lowest BCUT2D eigenvalue weighted by Gasteiger charge is -2.41. The number of hydrogen-bond donors (Lipinski definition) is 1. The Hall–Kier alpha value is -0.930. The zero-order chi connectivity index (χ0) is 14.0. The fraction of sp³-hybridized carbons (Fsp3) is 0.625. The summed E-state index contributed by atoms with van der Waals surface area (Å²) in [6.07, 6.45) is 0. The lowest BCUT2D eigenvalue weighted by atomic mass is 9.97. The molecule has 2 rings (SSSR count). The molecule has 0 spiro atoms. The number of benzene rings is 1. The summed E-state index contributed by atoms with van der Waals surface area (Å²) in [4.78, 5) is 2.49. The van der Waals surface area contributed by atoms with Gasteiger partial charge in [0.1, 0.15) is 5.82 Å². The number of piperazine rings is 1. The van der Waals surface area contributed by atoms with Crippen molar-refractivity contribution in [2.45, 2.75) is 46.3 Å². The standard InChI is InChI=1S/C16H25FN2/c1-11(2)16-8-18-13(4)9-19(16)10-14-7-15(17)6-5-12(14)3/h5-7,11,13,16,18H,8-10H2,1-4H3. The van der Waals surface area contributed by atoms with E-state index in [0.717, 1.165) is 25.2 Å². The summed E-state index contributed by atoms with van der Waals surface area (Å²) in [6, 6.07) is 6.13. The van der Waals surface area contributed by atoms with Crippen molar-refractivity contribution in [1.29, 1.82) is 0 Å². The van der Waals surface area contributed by atoms with Gasteiger partial charge in [-0.3, -0.25) is 4.90 Å². The highest BCUT2D eigenvalue weighted by Crippen LogP contribution is 2.20. The third-order valence-corrected chi connectivity index (χ3v) is 4.11. The minimum absolute atomic E-state index is 0.134. The third kappa shape index (κ3) is 3.54. The summed E-state index contributed by atoms with van der Waals surface area (Å²) in [6.45, 7) is 11.7. The van der Waals surface area contributed by atoms with Gasteiger partial charge in [0, 0.05) is 31.7 Å². The van der Waals surface area contributed by atoms with E-state index in [1.54, 1.807) is 12.1 Å². The second kappa shape index (κ2) is 6.02. The number of halogens is 1. The highest BCUT2D eigenvalue weighted by molar-refractivity contribution is 5.26. The molecule has 1 aromatic rings. The van der Waals surface area contributed by atoms with Crippen molar-refractivity contribution in [3.05, 3.63) is 35.1 Å². The van der Waals surface area contributed by atoms with Gasteiger partial charge in [-0.1, -0.05) is 19.9 Å². The molecule has 2 atom stereocenters. The molecule has 1 N–H and O–H groups in total. The average molecular weight is 264 g/mol. The van der Waals surface area contributed by atoms with Crippen molar-refractivity contribution in [3.63, 3.8) is 0 Å². The molecule has 0 saturated carbocycles. The van der Waals surface area contributed by atoms with Crippen LogP contribution in [-0.4, -0.2) is 30.1 Å². The molecule has 0 aliphatic carbocycles. The Balaban J connectivity index is 2.16. The predicted octanol–water partition coefficient (Wildman–Crippen LogP) is 2.95. The Bertz CT molecular complexity index is 431. The lowest BCUT2D eigenvalue weighted by Crippen LogP contribution is -2.56. The van der Waals surface area contributed by atoms with Crippen LogP contribution in [0.4, 0.5) is 4.39 Å². The van der Waals surface area contributed by atoms with Crippen LogP contribution >= 0.6 is 0 Å². The molecule has 19 heavy (non-hydrogen) atoms. The van der Waals surface area contributed by atoms with Gasteiger partial charge in [0.2, 0.25) is 0 Å². The van der Waals surface area contributed by atoms with E-state index in [1.165, 1.54) is 5.56 Å². The summed E-state index contributed by atoms with van der Waals surface area (Å²) >= 11 is 0. The number of hydrogen-bond acceptors (Lipinski definition) is 2. The first-order valence-electron chi connectivity index (χ1n) is 7.20. The molecule has 2 unspecified atom stereocenters. The Morgan fingerprint density at radius 1 is 1.42 bits per heavy atom. The van der Waals surface area contributed by atoms with Crippen molar-refractivity contribution in [1.82, 2.24) is 10.2 Å². The Labute approximate surface area is 116 Å². The Morgan fingerprint density at radius 3 is 2.84 bits per heavy atom. The van der Waals surface area contributed by atoms with Crippen LogP contribution in [0.3, 0.4) is 0 Å². The Kier molecular flexibility index (Phi) is 4.58. The van der Waals surface area contributed by atoms with Gasteiger partial charge >= 0.3 is 0 Å². The summed E-state index contributed by atoms with van der Waals surface area (Å²) in [5.41, 5.74) is 2.29. The number of aryl methyl sites for hydroxylation is 1. The quantitative estimate of drug-likeness (QED) is 0.903. The normalized spacial score (nSPS) is 24.9. The molecule has 1 aromatic carbocycles. The molecule has 1 heterocycles. The van der Waals surface area contributed by atoms with Crippen LogP contribution in [0.2, 0.25) is 0 Å². The topological polar surface area (TPSA) is 15.3 Å². The molecule has 1 fully saturated rings. The summed E-state index contributed by atoms with van der Waals surface area (Å²) in [7, 11) is 0. The van der Waals surface area contributed by atoms with Gasteiger partial charge in [0.25, 0.3) is 0 Å². The molecule has 0 aromatic heterocycles. The van der Waals surface area contributed by atoms with Gasteiger partial charge in [0.05, 0.1) is 0 Å². The SMILES string of the molecule is Cc1ccc(F)cc1CN1CC(C)NCC1C(C)C. The molecule has 0 amide bonds. The second-order valence-electron chi connectivity index (χ2n) is 6.12. The van der Waals surface area contributed by atoms with E-state index in [2.05, 4.69) is 37.9 Å². The predicted molar refractivity (Wildman–Crippen MR) is 77.6 cm³/mol. The Morgan fingerprint density at radius 2 is 2.16 bits per heavy atom. The maximum absolute atomic E-state index is 13.4. The minimum Gasteiger partial charge on any atom is -0.311 e. The zero-order valence-electron chi connectivity index (χ0n) is 12.4. The van der Waals surface area contributed by atoms with Crippen LogP contribution in [0.25, 0.3) is 0 Å². The van der Waals surface area contributed by atoms with E-state index in [4.69, 9.17) is 0 Å². The molecule has 1 aliphatic heterocycles. The van der Waals surface area contributed by atoms with Crippen LogP contribution in [-0.2, 0) is 6.54 Å². The van der Waals surface area contributed by atoms with Gasteiger partial charge in [-0.15, -0.1) is 0 Å². The molecule has 106 valence electrons. The summed E-state index contributed by atoms with van der Waals surface area (Å²) in [5, 5.41) is 3.54. The van der Waals surface area contributed by atoms with Gasteiger partial charge in [0.15, 0.2) is 0 Å². The van der Waals surface area contributed by atoms with Crippen molar-refractivity contribution >= 4 is 0 Å². The van der Waals surface area contributed by atoms with Gasteiger partial charge in [-0.05, 0) is 43.0 Å². The fourth-order valence-corrected chi connectivity index (χ4v) is 2.87. The first-order valence-corrected chi connectivity index (χ1v) is 7.20. The molecule has 2 nitrogen and oxygen atoms in total. The maximum Gasteiger partial charge on any atom is 0.123 e. The molecule has 1 saturated heterocycles. The van der Waals surface area contributed by atoms with Crippen LogP contribution in [0.15, 0.2) is 18.2 Å². The average Bonchev–Trinajstić information content (AvgIpc) is 2.33. The van der Waals surface area contributed by atoms with Gasteiger partial charge in [-0.25, -0.2) is 4.39 Å². The summed E-state index contributed by atoms with van der Waals surface area (Å²) in [5.74, 6) is 0.471. The van der Waals surface area contributed by atoms with E-state index < -0.39 is 0 Å². The van der Waals surface area contributed by atoms with Crippen LogP contribution in [0.1, 0.15) is 31.9 Å². The van der Waals surface area contributed by atoms with Crippen molar-refractivity contribution in [2.24, 2.45) is 5.92 Å². The maximum atomic E-state index is 13.4. The molecular formula is C16H25FN2. The molecule has 0 radical (unpaired) electrons. The molecule has 3 heteroatoms. The van der Waals surface area contributed by atoms with Crippen molar-refractivity contribution < 1.29 is 4.39 Å². The number of rotatable bonds is 3. The van der Waals surface area contributed by atoms with Gasteiger partial charge in [-0.2, -0.15) is 0 Å². The van der Waals surface area contributed by atoms with E-state index in [0.29, 0.717) is 18.0 Å². The van der Waals surface area contributed by atoms with Crippen LogP contribution < -0.4 is 5.32 Å². The van der Waals surface area contributed by atoms with Gasteiger partial charge < -0.3 is 5.32 Å².